The summed E-state index contributed by atoms with van der Waals surface area (Å²) in [6, 6.07) is 3.27. The molecule has 0 saturated heterocycles. The van der Waals surface area contributed by atoms with Gasteiger partial charge in [-0.25, -0.2) is 9.59 Å². The van der Waals surface area contributed by atoms with Crippen molar-refractivity contribution in [2.24, 2.45) is 0 Å². The van der Waals surface area contributed by atoms with Crippen molar-refractivity contribution in [3.05, 3.63) is 46.5 Å². The fourth-order valence-electron chi connectivity index (χ4n) is 2.98. The Kier molecular flexibility index (Phi) is 3.39. The predicted octanol–water partition coefficient (Wildman–Crippen LogP) is 2.77. The second kappa shape index (κ2) is 5.15. The third-order valence-corrected chi connectivity index (χ3v) is 3.99. The molecule has 0 amide bonds. The maximum absolute atomic E-state index is 12.3. The minimum Gasteiger partial charge on any atom is -0.497 e. The average molecular weight is 316 g/mol. The maximum Gasteiger partial charge on any atom is 0.375 e. The Balaban J connectivity index is 2.49. The lowest BCUT2D eigenvalue weighted by Crippen LogP contribution is -2.21. The molecule has 120 valence electrons. The zero-order valence-corrected chi connectivity index (χ0v) is 13.1. The fourth-order valence-corrected chi connectivity index (χ4v) is 2.98. The van der Waals surface area contributed by atoms with Gasteiger partial charge in [0.15, 0.2) is 0 Å². The van der Waals surface area contributed by atoms with Crippen molar-refractivity contribution in [1.82, 2.24) is 0 Å². The lowest BCUT2D eigenvalue weighted by atomic mass is 9.89. The number of fused-ring (bicyclic) bond motifs is 3. The van der Waals surface area contributed by atoms with Crippen molar-refractivity contribution in [1.29, 1.82) is 0 Å². The monoisotopic (exact) mass is 316 g/mol. The smallest absolute Gasteiger partial charge is 0.375 e. The standard InChI is InChI=1S/C17H16O6/c1-5-6-17(2)13-10-7-9(20-3)8-11(21-4)12(10)15(18)22-14(13)16(19)23-17/h5,7-8H,1,6H2,2-4H3. The van der Waals surface area contributed by atoms with E-state index in [9.17, 15) is 9.59 Å². The molecule has 1 aromatic heterocycles. The van der Waals surface area contributed by atoms with E-state index in [0.29, 0.717) is 28.9 Å². The van der Waals surface area contributed by atoms with Gasteiger partial charge in [-0.1, -0.05) is 6.08 Å². The molecule has 1 atom stereocenters. The molecule has 1 aliphatic rings. The highest BCUT2D eigenvalue weighted by molar-refractivity contribution is 6.01. The van der Waals surface area contributed by atoms with Gasteiger partial charge in [0.1, 0.15) is 22.5 Å². The van der Waals surface area contributed by atoms with E-state index in [1.807, 2.05) is 0 Å². The summed E-state index contributed by atoms with van der Waals surface area (Å²) >= 11 is 0. The molecule has 0 radical (unpaired) electrons. The van der Waals surface area contributed by atoms with Gasteiger partial charge in [-0.05, 0) is 13.0 Å². The number of methoxy groups -OCH3 is 2. The van der Waals surface area contributed by atoms with Crippen LogP contribution in [0.5, 0.6) is 11.5 Å². The Morgan fingerprint density at radius 2 is 2.00 bits per heavy atom. The molecule has 1 aromatic carbocycles. The first-order valence-corrected chi connectivity index (χ1v) is 7.02. The Bertz CT molecular complexity index is 879. The van der Waals surface area contributed by atoms with E-state index in [2.05, 4.69) is 6.58 Å². The zero-order valence-electron chi connectivity index (χ0n) is 13.1. The highest BCUT2D eigenvalue weighted by atomic mass is 16.6. The molecule has 0 aliphatic carbocycles. The highest BCUT2D eigenvalue weighted by Crippen LogP contribution is 2.44. The van der Waals surface area contributed by atoms with E-state index in [-0.39, 0.29) is 11.1 Å². The number of hydrogen-bond acceptors (Lipinski definition) is 6. The van der Waals surface area contributed by atoms with E-state index < -0.39 is 17.2 Å². The molecule has 3 rings (SSSR count). The molecule has 6 nitrogen and oxygen atoms in total. The lowest BCUT2D eigenvalue weighted by Gasteiger charge is -2.23. The number of hydrogen-bond donors (Lipinski definition) is 0. The van der Waals surface area contributed by atoms with Gasteiger partial charge in [0, 0.05) is 17.9 Å². The van der Waals surface area contributed by atoms with E-state index in [4.69, 9.17) is 18.6 Å². The van der Waals surface area contributed by atoms with Crippen LogP contribution < -0.4 is 15.1 Å². The van der Waals surface area contributed by atoms with E-state index in [0.717, 1.165) is 0 Å². The molecule has 0 spiro atoms. The quantitative estimate of drug-likeness (QED) is 0.638. The topological polar surface area (TPSA) is 75.0 Å². The first-order chi connectivity index (χ1) is 10.9. The van der Waals surface area contributed by atoms with Gasteiger partial charge in [0.25, 0.3) is 0 Å². The van der Waals surface area contributed by atoms with Gasteiger partial charge in [-0.3, -0.25) is 0 Å². The minimum absolute atomic E-state index is 0.0813. The van der Waals surface area contributed by atoms with Gasteiger partial charge in [-0.2, -0.15) is 0 Å². The number of rotatable bonds is 4. The molecule has 0 fully saturated rings. The molecule has 1 aliphatic heterocycles. The molecule has 1 unspecified atom stereocenters. The Morgan fingerprint density at radius 3 is 2.61 bits per heavy atom. The van der Waals surface area contributed by atoms with Crippen LogP contribution >= 0.6 is 0 Å². The predicted molar refractivity (Wildman–Crippen MR) is 83.2 cm³/mol. The van der Waals surface area contributed by atoms with Crippen LogP contribution in [0.4, 0.5) is 0 Å². The van der Waals surface area contributed by atoms with Crippen LogP contribution in [0.25, 0.3) is 10.8 Å². The Labute approximate surface area is 132 Å². The van der Waals surface area contributed by atoms with Crippen LogP contribution in [-0.4, -0.2) is 20.2 Å². The number of carbonyl (C=O) groups is 1. The summed E-state index contributed by atoms with van der Waals surface area (Å²) in [6.07, 6.45) is 2.03. The Hall–Kier alpha value is -2.76. The van der Waals surface area contributed by atoms with Crippen molar-refractivity contribution >= 4 is 16.7 Å². The normalized spacial score (nSPS) is 19.3. The van der Waals surface area contributed by atoms with E-state index in [1.165, 1.54) is 14.2 Å². The Morgan fingerprint density at radius 1 is 1.26 bits per heavy atom. The molecule has 23 heavy (non-hydrogen) atoms. The van der Waals surface area contributed by atoms with Crippen LogP contribution in [0.1, 0.15) is 29.5 Å². The number of ether oxygens (including phenoxy) is 3. The summed E-state index contributed by atoms with van der Waals surface area (Å²) in [5.41, 5.74) is -1.10. The summed E-state index contributed by atoms with van der Waals surface area (Å²) in [4.78, 5) is 24.4. The molecule has 0 saturated carbocycles. The minimum atomic E-state index is -0.957. The van der Waals surface area contributed by atoms with Crippen molar-refractivity contribution in [2.75, 3.05) is 14.2 Å². The molecule has 2 heterocycles. The molecule has 0 N–H and O–H groups in total. The SMILES string of the molecule is C=CCC1(C)OC(=O)c2oc(=O)c3c(OC)cc(OC)cc3c21. The largest absolute Gasteiger partial charge is 0.497 e. The molecule has 0 bridgehead atoms. The number of carbonyl (C=O) groups excluding carboxylic acids is 1. The van der Waals surface area contributed by atoms with Crippen molar-refractivity contribution in [2.45, 2.75) is 18.9 Å². The summed E-state index contributed by atoms with van der Waals surface area (Å²) in [5.74, 6) is 0.0750. The van der Waals surface area contributed by atoms with E-state index in [1.54, 1.807) is 25.1 Å². The summed E-state index contributed by atoms with van der Waals surface area (Å²) in [5, 5.41) is 0.767. The lowest BCUT2D eigenvalue weighted by molar-refractivity contribution is 0.00180. The summed E-state index contributed by atoms with van der Waals surface area (Å²) < 4.78 is 21.2. The van der Waals surface area contributed by atoms with Crippen LogP contribution in [0, 0.1) is 0 Å². The third kappa shape index (κ3) is 2.10. The van der Waals surface area contributed by atoms with Gasteiger partial charge in [-0.15, -0.1) is 6.58 Å². The van der Waals surface area contributed by atoms with Crippen LogP contribution in [0.2, 0.25) is 0 Å². The van der Waals surface area contributed by atoms with Crippen LogP contribution in [-0.2, 0) is 10.3 Å². The third-order valence-electron chi connectivity index (χ3n) is 3.99. The number of cyclic esters (lactones) is 1. The van der Waals surface area contributed by atoms with Gasteiger partial charge < -0.3 is 18.6 Å². The number of esters is 1. The maximum atomic E-state index is 12.3. The number of benzene rings is 1. The average Bonchev–Trinajstić information content (AvgIpc) is 2.77. The first-order valence-electron chi connectivity index (χ1n) is 7.02. The van der Waals surface area contributed by atoms with Crippen molar-refractivity contribution in [3.63, 3.8) is 0 Å². The second-order valence-electron chi connectivity index (χ2n) is 5.46. The van der Waals surface area contributed by atoms with Crippen LogP contribution in [0.3, 0.4) is 0 Å². The van der Waals surface area contributed by atoms with Crippen molar-refractivity contribution < 1.29 is 23.4 Å². The molecular formula is C17H16O6. The highest BCUT2D eigenvalue weighted by Gasteiger charge is 2.45. The first kappa shape index (κ1) is 15.1. The fraction of sp³-hybridized carbons (Fsp3) is 0.294. The molecular weight excluding hydrogens is 300 g/mol. The molecule has 2 aromatic rings. The van der Waals surface area contributed by atoms with Crippen LogP contribution in [0.15, 0.2) is 34.0 Å². The zero-order chi connectivity index (χ0) is 16.8. The van der Waals surface area contributed by atoms with Gasteiger partial charge >= 0.3 is 11.6 Å². The second-order valence-corrected chi connectivity index (χ2v) is 5.46. The van der Waals surface area contributed by atoms with E-state index >= 15 is 0 Å². The van der Waals surface area contributed by atoms with Crippen molar-refractivity contribution in [3.8, 4) is 11.5 Å². The summed E-state index contributed by atoms with van der Waals surface area (Å²) in [7, 11) is 2.96. The van der Waals surface area contributed by atoms with Gasteiger partial charge in [0.05, 0.1) is 19.8 Å². The van der Waals surface area contributed by atoms with Gasteiger partial charge in [0.2, 0.25) is 5.76 Å². The summed E-state index contributed by atoms with van der Waals surface area (Å²) in [6.45, 7) is 5.45. The molecule has 6 heteroatoms.